The minimum atomic E-state index is -1.12. The van der Waals surface area contributed by atoms with Gasteiger partial charge in [0.05, 0.1) is 11.3 Å². The van der Waals surface area contributed by atoms with Crippen molar-refractivity contribution in [1.29, 1.82) is 0 Å². The summed E-state index contributed by atoms with van der Waals surface area (Å²) in [7, 11) is 0. The number of hydrogen-bond donors (Lipinski definition) is 2. The van der Waals surface area contributed by atoms with Crippen LogP contribution in [0.5, 0.6) is 0 Å². The number of aromatic carboxylic acids is 1. The molecule has 1 heterocycles. The fourth-order valence-corrected chi connectivity index (χ4v) is 3.09. The van der Waals surface area contributed by atoms with E-state index in [4.69, 9.17) is 16.7 Å². The summed E-state index contributed by atoms with van der Waals surface area (Å²) in [4.78, 5) is 23.3. The number of carbonyl (C=O) groups is 2. The first kappa shape index (κ1) is 15.2. The van der Waals surface area contributed by atoms with Gasteiger partial charge in [-0.25, -0.2) is 4.79 Å². The van der Waals surface area contributed by atoms with E-state index in [1.807, 2.05) is 22.6 Å². The van der Waals surface area contributed by atoms with Crippen molar-refractivity contribution >= 4 is 62.6 Å². The average Bonchev–Trinajstić information content (AvgIpc) is 2.73. The van der Waals surface area contributed by atoms with E-state index in [9.17, 15) is 9.59 Å². The van der Waals surface area contributed by atoms with Crippen LogP contribution in [0.3, 0.4) is 0 Å². The summed E-state index contributed by atoms with van der Waals surface area (Å²) in [6.07, 6.45) is 0. The summed E-state index contributed by atoms with van der Waals surface area (Å²) in [6.45, 7) is 1.58. The van der Waals surface area contributed by atoms with Gasteiger partial charge in [0.15, 0.2) is 0 Å². The summed E-state index contributed by atoms with van der Waals surface area (Å²) in [5, 5.41) is 12.3. The molecule has 0 fully saturated rings. The highest BCUT2D eigenvalue weighted by Crippen LogP contribution is 2.26. The van der Waals surface area contributed by atoms with Crippen molar-refractivity contribution < 1.29 is 14.7 Å². The van der Waals surface area contributed by atoms with Gasteiger partial charge in [0.1, 0.15) is 10.6 Å². The molecule has 0 atom stereocenters. The Morgan fingerprint density at radius 2 is 2.15 bits per heavy atom. The number of anilines is 1. The quantitative estimate of drug-likeness (QED) is 0.740. The van der Waals surface area contributed by atoms with Crippen molar-refractivity contribution in [2.24, 2.45) is 0 Å². The van der Waals surface area contributed by atoms with Crippen molar-refractivity contribution in [3.8, 4) is 0 Å². The Balaban J connectivity index is 2.33. The third kappa shape index (κ3) is 3.10. The summed E-state index contributed by atoms with van der Waals surface area (Å²) < 4.78 is 4.67. The van der Waals surface area contributed by atoms with Gasteiger partial charge in [-0.1, -0.05) is 11.6 Å². The Labute approximate surface area is 137 Å². The Hall–Kier alpha value is -1.19. The molecule has 2 N–H and O–H groups in total. The van der Waals surface area contributed by atoms with Crippen molar-refractivity contribution in [2.45, 2.75) is 6.92 Å². The van der Waals surface area contributed by atoms with E-state index >= 15 is 0 Å². The van der Waals surface area contributed by atoms with Gasteiger partial charge in [-0.15, -0.1) is 0 Å². The molecule has 104 valence electrons. The third-order valence-electron chi connectivity index (χ3n) is 2.48. The molecule has 0 bridgehead atoms. The lowest BCUT2D eigenvalue weighted by Gasteiger charge is -2.06. The molecule has 1 aromatic carbocycles. The molecule has 20 heavy (non-hydrogen) atoms. The second-order valence-corrected chi connectivity index (χ2v) is 6.23. The Bertz CT molecular complexity index is 702. The molecule has 1 aromatic heterocycles. The molecule has 0 saturated heterocycles. The normalized spacial score (nSPS) is 10.3. The molecule has 5 nitrogen and oxygen atoms in total. The maximum Gasteiger partial charge on any atom is 0.340 e. The van der Waals surface area contributed by atoms with Crippen molar-refractivity contribution in [1.82, 2.24) is 4.37 Å². The fourth-order valence-electron chi connectivity index (χ4n) is 1.55. The van der Waals surface area contributed by atoms with Gasteiger partial charge < -0.3 is 10.4 Å². The number of aromatic nitrogens is 1. The molecule has 1 amide bonds. The first-order valence-corrected chi connectivity index (χ1v) is 7.59. The van der Waals surface area contributed by atoms with Gasteiger partial charge in [0.25, 0.3) is 5.91 Å². The van der Waals surface area contributed by atoms with Crippen LogP contribution in [0.1, 0.15) is 26.4 Å². The van der Waals surface area contributed by atoms with Crippen molar-refractivity contribution in [3.63, 3.8) is 0 Å². The topological polar surface area (TPSA) is 79.3 Å². The van der Waals surface area contributed by atoms with E-state index in [0.717, 1.165) is 15.1 Å². The van der Waals surface area contributed by atoms with Gasteiger partial charge in [0, 0.05) is 8.59 Å². The van der Waals surface area contributed by atoms with Gasteiger partial charge in [-0.3, -0.25) is 4.79 Å². The summed E-state index contributed by atoms with van der Waals surface area (Å²) in [5.74, 6) is -1.53. The number of hydrogen-bond acceptors (Lipinski definition) is 4. The number of carboxylic acid groups (broad SMARTS) is 1. The maximum atomic E-state index is 12.2. The molecular formula is C12H8ClIN2O3S. The number of halogens is 2. The van der Waals surface area contributed by atoms with Gasteiger partial charge in [-0.2, -0.15) is 4.37 Å². The lowest BCUT2D eigenvalue weighted by molar-refractivity contribution is 0.0697. The number of amides is 1. The molecule has 2 aromatic rings. The SMILES string of the molecule is Cc1nsc(NC(=O)c2cc(Cl)ccc2I)c1C(=O)O. The van der Waals surface area contributed by atoms with E-state index < -0.39 is 11.9 Å². The number of aryl methyl sites for hydroxylation is 1. The molecule has 0 spiro atoms. The Kier molecular flexibility index (Phi) is 4.61. The highest BCUT2D eigenvalue weighted by molar-refractivity contribution is 14.1. The van der Waals surface area contributed by atoms with Crippen LogP contribution >= 0.6 is 45.7 Å². The van der Waals surface area contributed by atoms with Crippen LogP contribution in [0.4, 0.5) is 5.00 Å². The smallest absolute Gasteiger partial charge is 0.340 e. The van der Waals surface area contributed by atoms with Crippen molar-refractivity contribution in [3.05, 3.63) is 43.6 Å². The Morgan fingerprint density at radius 1 is 1.45 bits per heavy atom. The number of nitrogens with zero attached hydrogens (tertiary/aromatic N) is 1. The molecule has 0 saturated carbocycles. The van der Waals surface area contributed by atoms with Gasteiger partial charge in [-0.05, 0) is 59.2 Å². The van der Waals surface area contributed by atoms with Crippen LogP contribution < -0.4 is 5.32 Å². The lowest BCUT2D eigenvalue weighted by atomic mass is 10.2. The molecule has 0 unspecified atom stereocenters. The first-order valence-electron chi connectivity index (χ1n) is 5.36. The molecular weight excluding hydrogens is 415 g/mol. The summed E-state index contributed by atoms with van der Waals surface area (Å²) in [5.41, 5.74) is 0.777. The van der Waals surface area contributed by atoms with Crippen LogP contribution in [0, 0.1) is 10.5 Å². The second kappa shape index (κ2) is 6.06. The number of benzene rings is 1. The summed E-state index contributed by atoms with van der Waals surface area (Å²) in [6, 6.07) is 4.93. The highest BCUT2D eigenvalue weighted by atomic mass is 127. The van der Waals surface area contributed by atoms with Crippen LogP contribution in [-0.2, 0) is 0 Å². The zero-order valence-corrected chi connectivity index (χ0v) is 13.8. The van der Waals surface area contributed by atoms with Gasteiger partial charge >= 0.3 is 5.97 Å². The summed E-state index contributed by atoms with van der Waals surface area (Å²) >= 11 is 8.82. The molecule has 0 aliphatic carbocycles. The number of rotatable bonds is 3. The molecule has 2 rings (SSSR count). The Morgan fingerprint density at radius 3 is 2.80 bits per heavy atom. The van der Waals surface area contributed by atoms with Gasteiger partial charge in [0.2, 0.25) is 0 Å². The van der Waals surface area contributed by atoms with E-state index in [2.05, 4.69) is 9.69 Å². The number of carbonyl (C=O) groups excluding carboxylic acids is 1. The zero-order valence-electron chi connectivity index (χ0n) is 10.1. The minimum Gasteiger partial charge on any atom is -0.478 e. The predicted molar refractivity (Wildman–Crippen MR) is 85.9 cm³/mol. The van der Waals surface area contributed by atoms with E-state index in [-0.39, 0.29) is 10.6 Å². The zero-order chi connectivity index (χ0) is 14.9. The monoisotopic (exact) mass is 422 g/mol. The minimum absolute atomic E-state index is 0.0142. The molecule has 0 aliphatic rings. The van der Waals surface area contributed by atoms with E-state index in [1.165, 1.54) is 6.07 Å². The highest BCUT2D eigenvalue weighted by Gasteiger charge is 2.20. The standard InChI is InChI=1S/C12H8ClIN2O3S/c1-5-9(12(18)19)11(20-16-5)15-10(17)7-4-6(13)2-3-8(7)14/h2-4H,1H3,(H,15,17)(H,18,19). The van der Waals surface area contributed by atoms with E-state index in [0.29, 0.717) is 16.3 Å². The second-order valence-electron chi connectivity index (χ2n) is 3.86. The third-order valence-corrected chi connectivity index (χ3v) is 4.51. The molecule has 0 radical (unpaired) electrons. The average molecular weight is 423 g/mol. The molecule has 0 aliphatic heterocycles. The first-order chi connectivity index (χ1) is 9.40. The van der Waals surface area contributed by atoms with E-state index in [1.54, 1.807) is 19.1 Å². The van der Waals surface area contributed by atoms with Crippen LogP contribution in [0.25, 0.3) is 0 Å². The van der Waals surface area contributed by atoms with Crippen LogP contribution in [0.2, 0.25) is 5.02 Å². The lowest BCUT2D eigenvalue weighted by Crippen LogP contribution is -2.14. The predicted octanol–water partition coefficient (Wildman–Crippen LogP) is 3.66. The number of nitrogens with one attached hydrogen (secondary N) is 1. The molecule has 8 heteroatoms. The maximum absolute atomic E-state index is 12.2. The fraction of sp³-hybridized carbons (Fsp3) is 0.0833. The number of carboxylic acids is 1. The van der Waals surface area contributed by atoms with Crippen LogP contribution in [0.15, 0.2) is 18.2 Å². The largest absolute Gasteiger partial charge is 0.478 e. The van der Waals surface area contributed by atoms with Crippen LogP contribution in [-0.4, -0.2) is 21.4 Å². The van der Waals surface area contributed by atoms with Crippen molar-refractivity contribution in [2.75, 3.05) is 5.32 Å².